The number of methoxy groups -OCH3 is 5. The van der Waals surface area contributed by atoms with Crippen LogP contribution in [0.25, 0.3) is 54.2 Å². The van der Waals surface area contributed by atoms with Gasteiger partial charge in [0.2, 0.25) is 5.89 Å². The minimum Gasteiger partial charge on any atom is -0.493 e. The summed E-state index contributed by atoms with van der Waals surface area (Å²) in [5, 5.41) is 7.71. The van der Waals surface area contributed by atoms with E-state index in [1.54, 1.807) is 46.9 Å². The molecule has 2 aromatic heterocycles. The predicted molar refractivity (Wildman–Crippen MR) is 143 cm³/mol. The van der Waals surface area contributed by atoms with Crippen molar-refractivity contribution in [2.24, 2.45) is 0 Å². The molecule has 7 nitrogen and oxygen atoms in total. The highest BCUT2D eigenvalue weighted by atomic mass is 32.1. The third kappa shape index (κ3) is 3.14. The zero-order valence-electron chi connectivity index (χ0n) is 20.4. The molecular formula is C28H23NO6S. The van der Waals surface area contributed by atoms with Crippen LogP contribution >= 0.6 is 11.3 Å². The lowest BCUT2D eigenvalue weighted by atomic mass is 9.92. The summed E-state index contributed by atoms with van der Waals surface area (Å²) in [6.45, 7) is 0. The molecule has 0 N–H and O–H groups in total. The van der Waals surface area contributed by atoms with Crippen LogP contribution in [0.5, 0.6) is 28.7 Å². The van der Waals surface area contributed by atoms with E-state index in [1.165, 1.54) is 0 Å². The van der Waals surface area contributed by atoms with Gasteiger partial charge in [0.1, 0.15) is 5.52 Å². The molecule has 6 aromatic rings. The van der Waals surface area contributed by atoms with Gasteiger partial charge in [0.15, 0.2) is 34.3 Å². The van der Waals surface area contributed by atoms with Gasteiger partial charge in [0.05, 0.1) is 40.4 Å². The minimum atomic E-state index is 0.548. The molecule has 36 heavy (non-hydrogen) atoms. The molecule has 0 unspecified atom stereocenters. The first-order valence-corrected chi connectivity index (χ1v) is 12.1. The molecule has 0 bridgehead atoms. The van der Waals surface area contributed by atoms with Gasteiger partial charge in [-0.15, -0.1) is 11.3 Å². The molecule has 0 spiro atoms. The second kappa shape index (κ2) is 8.49. The van der Waals surface area contributed by atoms with E-state index in [4.69, 9.17) is 33.1 Å². The number of benzene rings is 4. The Kier molecular flexibility index (Phi) is 5.26. The van der Waals surface area contributed by atoms with Crippen LogP contribution in [-0.2, 0) is 0 Å². The van der Waals surface area contributed by atoms with E-state index in [0.29, 0.717) is 45.7 Å². The lowest BCUT2D eigenvalue weighted by Gasteiger charge is -2.17. The van der Waals surface area contributed by atoms with Gasteiger partial charge < -0.3 is 28.1 Å². The molecule has 182 valence electrons. The Morgan fingerprint density at radius 1 is 0.639 bits per heavy atom. The van der Waals surface area contributed by atoms with Crippen LogP contribution in [0.3, 0.4) is 0 Å². The van der Waals surface area contributed by atoms with E-state index in [1.807, 2.05) is 47.8 Å². The highest BCUT2D eigenvalue weighted by Gasteiger charge is 2.23. The first kappa shape index (κ1) is 22.3. The fourth-order valence-electron chi connectivity index (χ4n) is 4.83. The van der Waals surface area contributed by atoms with Crippen molar-refractivity contribution in [2.75, 3.05) is 35.5 Å². The van der Waals surface area contributed by atoms with Crippen molar-refractivity contribution in [3.63, 3.8) is 0 Å². The normalized spacial score (nSPS) is 11.5. The lowest BCUT2D eigenvalue weighted by Crippen LogP contribution is -1.95. The van der Waals surface area contributed by atoms with Crippen LogP contribution in [0.4, 0.5) is 0 Å². The molecule has 8 heteroatoms. The summed E-state index contributed by atoms with van der Waals surface area (Å²) >= 11 is 1.57. The van der Waals surface area contributed by atoms with Gasteiger partial charge in [-0.25, -0.2) is 4.98 Å². The topological polar surface area (TPSA) is 72.2 Å². The van der Waals surface area contributed by atoms with E-state index in [2.05, 4.69) is 0 Å². The van der Waals surface area contributed by atoms with Crippen molar-refractivity contribution >= 4 is 54.8 Å². The maximum atomic E-state index is 6.26. The fourth-order valence-corrected chi connectivity index (χ4v) is 5.48. The molecule has 0 saturated heterocycles. The summed E-state index contributed by atoms with van der Waals surface area (Å²) in [6.07, 6.45) is 0. The van der Waals surface area contributed by atoms with Crippen LogP contribution in [0, 0.1) is 0 Å². The van der Waals surface area contributed by atoms with Crippen molar-refractivity contribution in [1.82, 2.24) is 4.98 Å². The number of thiophene rings is 1. The molecule has 6 rings (SSSR count). The number of rotatable bonds is 6. The van der Waals surface area contributed by atoms with Gasteiger partial charge in [-0.2, -0.15) is 0 Å². The number of oxazole rings is 1. The van der Waals surface area contributed by atoms with E-state index in [-0.39, 0.29) is 0 Å². The van der Waals surface area contributed by atoms with Gasteiger partial charge >= 0.3 is 0 Å². The maximum Gasteiger partial charge on any atom is 0.237 e. The average molecular weight is 502 g/mol. The van der Waals surface area contributed by atoms with Crippen LogP contribution in [0.1, 0.15) is 0 Å². The van der Waals surface area contributed by atoms with Crippen LogP contribution in [0.15, 0.2) is 52.3 Å². The highest BCUT2D eigenvalue weighted by Crippen LogP contribution is 2.48. The summed E-state index contributed by atoms with van der Waals surface area (Å²) in [5.74, 6) is 3.66. The van der Waals surface area contributed by atoms with Gasteiger partial charge in [-0.05, 0) is 68.7 Å². The van der Waals surface area contributed by atoms with E-state index in [9.17, 15) is 0 Å². The van der Waals surface area contributed by atoms with Gasteiger partial charge in [0, 0.05) is 5.39 Å². The third-order valence-corrected chi connectivity index (χ3v) is 7.34. The monoisotopic (exact) mass is 501 g/mol. The van der Waals surface area contributed by atoms with Crippen LogP contribution in [0.2, 0.25) is 0 Å². The van der Waals surface area contributed by atoms with Crippen LogP contribution < -0.4 is 23.7 Å². The molecule has 0 radical (unpaired) electrons. The van der Waals surface area contributed by atoms with E-state index < -0.39 is 0 Å². The molecule has 4 aromatic carbocycles. The maximum absolute atomic E-state index is 6.26. The number of fused-ring (bicyclic) bond motifs is 8. The first-order valence-electron chi connectivity index (χ1n) is 11.2. The Balaban J connectivity index is 1.89. The predicted octanol–water partition coefficient (Wildman–Crippen LogP) is 7.06. The SMILES string of the molecule is COc1cc2c3cc(OC)c(OC)cc3c3c(cc(OC)c4oc(-c5cccs5)nc43)c2cc1OC. The number of aromatic nitrogens is 1. The Hall–Kier alpha value is -4.17. The molecule has 0 atom stereocenters. The Morgan fingerprint density at radius 3 is 1.58 bits per heavy atom. The van der Waals surface area contributed by atoms with Crippen LogP contribution in [-0.4, -0.2) is 40.5 Å². The number of nitrogens with zero attached hydrogens (tertiary/aromatic N) is 1. The second-order valence-corrected chi connectivity index (χ2v) is 9.13. The highest BCUT2D eigenvalue weighted by molar-refractivity contribution is 7.13. The minimum absolute atomic E-state index is 0.548. The fraction of sp³-hybridized carbons (Fsp3) is 0.179. The molecular weight excluding hydrogens is 478 g/mol. The second-order valence-electron chi connectivity index (χ2n) is 8.18. The van der Waals surface area contributed by atoms with Gasteiger partial charge in [-0.3, -0.25) is 0 Å². The Bertz CT molecular complexity index is 1730. The molecule has 0 aliphatic carbocycles. The average Bonchev–Trinajstić information content (AvgIpc) is 3.61. The molecule has 0 amide bonds. The van der Waals surface area contributed by atoms with Crippen molar-refractivity contribution in [1.29, 1.82) is 0 Å². The first-order chi connectivity index (χ1) is 17.6. The zero-order chi connectivity index (χ0) is 25.0. The summed E-state index contributed by atoms with van der Waals surface area (Å²) in [6, 6.07) is 13.9. The summed E-state index contributed by atoms with van der Waals surface area (Å²) in [7, 11) is 8.15. The summed E-state index contributed by atoms with van der Waals surface area (Å²) in [4.78, 5) is 5.90. The molecule has 0 aliphatic rings. The van der Waals surface area contributed by atoms with Crippen molar-refractivity contribution in [2.45, 2.75) is 0 Å². The summed E-state index contributed by atoms with van der Waals surface area (Å²) < 4.78 is 34.6. The molecule has 0 saturated carbocycles. The lowest BCUT2D eigenvalue weighted by molar-refractivity contribution is 0.355. The number of hydrogen-bond acceptors (Lipinski definition) is 8. The van der Waals surface area contributed by atoms with Gasteiger partial charge in [0.25, 0.3) is 0 Å². The van der Waals surface area contributed by atoms with E-state index >= 15 is 0 Å². The van der Waals surface area contributed by atoms with Crippen molar-refractivity contribution in [3.05, 3.63) is 47.8 Å². The molecule has 0 aliphatic heterocycles. The smallest absolute Gasteiger partial charge is 0.237 e. The quantitative estimate of drug-likeness (QED) is 0.226. The number of ether oxygens (including phenoxy) is 5. The van der Waals surface area contributed by atoms with Gasteiger partial charge in [-0.1, -0.05) is 6.07 Å². The molecule has 0 fully saturated rings. The number of hydrogen-bond donors (Lipinski definition) is 0. The summed E-state index contributed by atoms with van der Waals surface area (Å²) in [5.41, 5.74) is 1.30. The molecule has 2 heterocycles. The zero-order valence-corrected chi connectivity index (χ0v) is 21.2. The Labute approximate surface area is 210 Å². The van der Waals surface area contributed by atoms with Crippen molar-refractivity contribution in [3.8, 4) is 39.5 Å². The largest absolute Gasteiger partial charge is 0.493 e. The Morgan fingerprint density at radius 2 is 1.11 bits per heavy atom. The third-order valence-electron chi connectivity index (χ3n) is 6.48. The van der Waals surface area contributed by atoms with E-state index in [0.717, 1.165) is 37.2 Å². The van der Waals surface area contributed by atoms with Crippen molar-refractivity contribution < 1.29 is 28.1 Å². The standard InChI is InChI=1S/C28H23NO6S/c1-30-19-9-14-15-10-21(32-3)22(33-4)12-17(15)25-18(16(14)11-20(19)31-2)13-23(34-5)27-26(25)29-28(35-27)24-7-6-8-36-24/h6-13H,1-5H3.